The standard InChI is InChI=1S/C20H25N9O/c1-2-30-17-6-4-15(5-7-17)26-19-18(22)13-24-20(28-19)27-16-12-25-29(14-16)11-10-23-9-3-8-21/h4-9,12-14,21H,2-3,10-11,22H2,1H3,(H2,24,26,27,28). The van der Waals surface area contributed by atoms with Crippen LogP contribution >= 0.6 is 0 Å². The summed E-state index contributed by atoms with van der Waals surface area (Å²) in [4.78, 5) is 12.9. The highest BCUT2D eigenvalue weighted by Gasteiger charge is 2.07. The minimum Gasteiger partial charge on any atom is -0.494 e. The van der Waals surface area contributed by atoms with Crippen molar-refractivity contribution in [2.75, 3.05) is 29.5 Å². The minimum absolute atomic E-state index is 0.404. The number of rotatable bonds is 11. The highest BCUT2D eigenvalue weighted by atomic mass is 16.5. The van der Waals surface area contributed by atoms with Crippen LogP contribution in [0.5, 0.6) is 5.75 Å². The largest absolute Gasteiger partial charge is 0.494 e. The normalized spacial score (nSPS) is 10.8. The Balaban J connectivity index is 1.61. The van der Waals surface area contributed by atoms with Crippen LogP contribution in [-0.4, -0.2) is 45.3 Å². The third-order valence-electron chi connectivity index (χ3n) is 3.95. The molecule has 0 spiro atoms. The number of aromatic nitrogens is 4. The summed E-state index contributed by atoms with van der Waals surface area (Å²) in [5.74, 6) is 1.71. The molecule has 0 amide bonds. The van der Waals surface area contributed by atoms with Crippen molar-refractivity contribution in [3.8, 4) is 5.75 Å². The Kier molecular flexibility index (Phi) is 7.31. The summed E-state index contributed by atoms with van der Waals surface area (Å²) < 4.78 is 7.23. The average Bonchev–Trinajstić information content (AvgIpc) is 3.19. The smallest absolute Gasteiger partial charge is 0.229 e. The molecule has 5 N–H and O–H groups in total. The van der Waals surface area contributed by atoms with Crippen molar-refractivity contribution < 1.29 is 4.74 Å². The van der Waals surface area contributed by atoms with Gasteiger partial charge in [-0.3, -0.25) is 9.67 Å². The zero-order valence-corrected chi connectivity index (χ0v) is 16.7. The number of nitrogen functional groups attached to an aromatic ring is 1. The van der Waals surface area contributed by atoms with Crippen LogP contribution in [0.4, 0.5) is 28.8 Å². The molecule has 0 radical (unpaired) electrons. The van der Waals surface area contributed by atoms with Gasteiger partial charge in [-0.2, -0.15) is 10.1 Å². The Morgan fingerprint density at radius 3 is 2.80 bits per heavy atom. The zero-order chi connectivity index (χ0) is 21.2. The molecule has 0 saturated heterocycles. The Hall–Kier alpha value is -3.95. The third kappa shape index (κ3) is 6.03. The molecule has 3 rings (SSSR count). The third-order valence-corrected chi connectivity index (χ3v) is 3.95. The molecular formula is C20H25N9O. The molecule has 0 aliphatic carbocycles. The first-order valence-corrected chi connectivity index (χ1v) is 9.57. The number of hydrogen-bond acceptors (Lipinski definition) is 9. The van der Waals surface area contributed by atoms with Gasteiger partial charge in [0.1, 0.15) is 5.75 Å². The van der Waals surface area contributed by atoms with Crippen LogP contribution in [0.3, 0.4) is 0 Å². The fraction of sp³-hybridized carbons (Fsp3) is 0.250. The van der Waals surface area contributed by atoms with E-state index in [-0.39, 0.29) is 0 Å². The van der Waals surface area contributed by atoms with Crippen molar-refractivity contribution >= 4 is 41.3 Å². The summed E-state index contributed by atoms with van der Waals surface area (Å²) in [6.07, 6.45) is 8.68. The van der Waals surface area contributed by atoms with Crippen molar-refractivity contribution in [1.82, 2.24) is 19.7 Å². The van der Waals surface area contributed by atoms with Gasteiger partial charge < -0.3 is 26.5 Å². The average molecular weight is 407 g/mol. The number of nitrogens with one attached hydrogen (secondary N) is 3. The highest BCUT2D eigenvalue weighted by Crippen LogP contribution is 2.24. The van der Waals surface area contributed by atoms with Crippen molar-refractivity contribution in [2.24, 2.45) is 4.99 Å². The highest BCUT2D eigenvalue weighted by molar-refractivity contribution is 5.77. The first kappa shape index (κ1) is 20.8. The predicted octanol–water partition coefficient (Wildman–Crippen LogP) is 3.25. The van der Waals surface area contributed by atoms with Crippen LogP contribution in [0.15, 0.2) is 47.8 Å². The van der Waals surface area contributed by atoms with Crippen LogP contribution < -0.4 is 21.1 Å². The molecule has 0 saturated carbocycles. The lowest BCUT2D eigenvalue weighted by Crippen LogP contribution is -2.04. The van der Waals surface area contributed by atoms with E-state index in [0.29, 0.717) is 43.6 Å². The van der Waals surface area contributed by atoms with Gasteiger partial charge in [-0.1, -0.05) is 0 Å². The molecule has 30 heavy (non-hydrogen) atoms. The van der Waals surface area contributed by atoms with Crippen LogP contribution in [-0.2, 0) is 6.54 Å². The van der Waals surface area contributed by atoms with Crippen molar-refractivity contribution in [2.45, 2.75) is 19.9 Å². The van der Waals surface area contributed by atoms with Crippen molar-refractivity contribution in [3.05, 3.63) is 42.9 Å². The molecule has 2 aromatic heterocycles. The van der Waals surface area contributed by atoms with E-state index in [9.17, 15) is 0 Å². The van der Waals surface area contributed by atoms with E-state index in [2.05, 4.69) is 30.7 Å². The van der Waals surface area contributed by atoms with Gasteiger partial charge in [0.25, 0.3) is 0 Å². The van der Waals surface area contributed by atoms with E-state index in [1.165, 1.54) is 6.21 Å². The number of aliphatic imine (C=N–C) groups is 1. The molecule has 156 valence electrons. The number of benzene rings is 1. The Bertz CT molecular complexity index is 982. The molecular weight excluding hydrogens is 382 g/mol. The lowest BCUT2D eigenvalue weighted by atomic mass is 10.3. The van der Waals surface area contributed by atoms with Crippen molar-refractivity contribution in [3.63, 3.8) is 0 Å². The number of ether oxygens (including phenoxy) is 1. The van der Waals surface area contributed by atoms with E-state index in [1.54, 1.807) is 23.3 Å². The lowest BCUT2D eigenvalue weighted by molar-refractivity contribution is 0.340. The second-order valence-corrected chi connectivity index (χ2v) is 6.23. The topological polar surface area (TPSA) is 139 Å². The SMILES string of the molecule is CCOc1ccc(Nc2nc(Nc3cnn(CCN=CCC=N)c3)ncc2N)cc1. The molecule has 10 nitrogen and oxygen atoms in total. The fourth-order valence-corrected chi connectivity index (χ4v) is 2.55. The van der Waals surface area contributed by atoms with Gasteiger partial charge >= 0.3 is 0 Å². The van der Waals surface area contributed by atoms with E-state index >= 15 is 0 Å². The lowest BCUT2D eigenvalue weighted by Gasteiger charge is -2.11. The second kappa shape index (κ2) is 10.6. The number of nitrogens with two attached hydrogens (primary N) is 1. The number of nitrogens with zero attached hydrogens (tertiary/aromatic N) is 5. The molecule has 2 heterocycles. The molecule has 0 fully saturated rings. The molecule has 0 unspecified atom stereocenters. The summed E-state index contributed by atoms with van der Waals surface area (Å²) in [6.45, 7) is 3.81. The Labute approximate surface area is 174 Å². The first-order valence-electron chi connectivity index (χ1n) is 9.57. The number of hydrogen-bond donors (Lipinski definition) is 4. The van der Waals surface area contributed by atoms with Gasteiger partial charge in [0, 0.05) is 30.7 Å². The van der Waals surface area contributed by atoms with Gasteiger partial charge in [0.05, 0.1) is 43.5 Å². The second-order valence-electron chi connectivity index (χ2n) is 6.23. The van der Waals surface area contributed by atoms with Crippen molar-refractivity contribution in [1.29, 1.82) is 5.41 Å². The zero-order valence-electron chi connectivity index (χ0n) is 16.7. The fourth-order valence-electron chi connectivity index (χ4n) is 2.55. The first-order chi connectivity index (χ1) is 14.7. The predicted molar refractivity (Wildman–Crippen MR) is 120 cm³/mol. The summed E-state index contributed by atoms with van der Waals surface area (Å²) in [5, 5.41) is 17.6. The Morgan fingerprint density at radius 2 is 2.03 bits per heavy atom. The minimum atomic E-state index is 0.404. The summed E-state index contributed by atoms with van der Waals surface area (Å²) in [6, 6.07) is 7.56. The molecule has 3 aromatic rings. The molecule has 0 atom stereocenters. The van der Waals surface area contributed by atoms with Gasteiger partial charge in [-0.25, -0.2) is 4.98 Å². The number of anilines is 5. The quantitative estimate of drug-likeness (QED) is 0.358. The molecule has 1 aromatic carbocycles. The van der Waals surface area contributed by atoms with E-state index < -0.39 is 0 Å². The van der Waals surface area contributed by atoms with Crippen LogP contribution in [0.1, 0.15) is 13.3 Å². The summed E-state index contributed by atoms with van der Waals surface area (Å²) in [5.41, 5.74) is 8.05. The molecule has 0 aliphatic heterocycles. The Morgan fingerprint density at radius 1 is 1.20 bits per heavy atom. The molecule has 10 heteroatoms. The molecule has 0 bridgehead atoms. The van der Waals surface area contributed by atoms with E-state index in [4.69, 9.17) is 15.9 Å². The van der Waals surface area contributed by atoms with Gasteiger partial charge in [-0.05, 0) is 31.2 Å². The van der Waals surface area contributed by atoms with E-state index in [0.717, 1.165) is 17.1 Å². The maximum absolute atomic E-state index is 6.96. The van der Waals surface area contributed by atoms with Gasteiger partial charge in [0.2, 0.25) is 5.95 Å². The van der Waals surface area contributed by atoms with Crippen LogP contribution in [0.25, 0.3) is 0 Å². The molecule has 0 aliphatic rings. The maximum Gasteiger partial charge on any atom is 0.229 e. The van der Waals surface area contributed by atoms with E-state index in [1.807, 2.05) is 37.4 Å². The van der Waals surface area contributed by atoms with Crippen LogP contribution in [0.2, 0.25) is 0 Å². The van der Waals surface area contributed by atoms with Gasteiger partial charge in [-0.15, -0.1) is 0 Å². The van der Waals surface area contributed by atoms with Crippen LogP contribution in [0, 0.1) is 5.41 Å². The summed E-state index contributed by atoms with van der Waals surface area (Å²) >= 11 is 0. The maximum atomic E-state index is 6.96. The monoisotopic (exact) mass is 407 g/mol. The van der Waals surface area contributed by atoms with Gasteiger partial charge in [0.15, 0.2) is 5.82 Å². The summed E-state index contributed by atoms with van der Waals surface area (Å²) in [7, 11) is 0.